The van der Waals surface area contributed by atoms with E-state index in [-0.39, 0.29) is 40.2 Å². The minimum absolute atomic E-state index is 0.0405. The Kier molecular flexibility index (Phi) is 8.31. The Morgan fingerprint density at radius 2 is 1.87 bits per heavy atom. The van der Waals surface area contributed by atoms with Crippen LogP contribution < -0.4 is 4.90 Å². The van der Waals surface area contributed by atoms with Gasteiger partial charge in [0.1, 0.15) is 4.88 Å². The molecule has 2 aromatic heterocycles. The normalized spacial score (nSPS) is 22.5. The van der Waals surface area contributed by atoms with Crippen molar-refractivity contribution in [1.82, 2.24) is 9.29 Å². The van der Waals surface area contributed by atoms with Crippen molar-refractivity contribution >= 4 is 38.9 Å². The first-order chi connectivity index (χ1) is 17.9. The van der Waals surface area contributed by atoms with Crippen LogP contribution in [0.2, 0.25) is 0 Å². The Bertz CT molecular complexity index is 1340. The van der Waals surface area contributed by atoms with Crippen molar-refractivity contribution in [1.29, 1.82) is 0 Å². The lowest BCUT2D eigenvalue weighted by atomic mass is 9.82. The summed E-state index contributed by atoms with van der Waals surface area (Å²) in [5.41, 5.74) is 0.0413. The number of anilines is 1. The fraction of sp³-hybridized carbons (Fsp3) is 0.536. The fourth-order valence-corrected chi connectivity index (χ4v) is 7.26. The molecule has 1 aliphatic carbocycles. The smallest absolute Gasteiger partial charge is 0.348 e. The number of sulfonamides is 1. The highest BCUT2D eigenvalue weighted by Crippen LogP contribution is 2.38. The van der Waals surface area contributed by atoms with E-state index in [2.05, 4.69) is 23.7 Å². The molecule has 2 aromatic rings. The Morgan fingerprint density at radius 3 is 2.47 bits per heavy atom. The number of pyridine rings is 1. The Hall–Kier alpha value is -2.74. The summed E-state index contributed by atoms with van der Waals surface area (Å²) < 4.78 is 27.9. The lowest BCUT2D eigenvalue weighted by Crippen LogP contribution is -2.46. The van der Waals surface area contributed by atoms with Gasteiger partial charge in [-0.2, -0.15) is 4.31 Å². The fourth-order valence-electron chi connectivity index (χ4n) is 5.00. The van der Waals surface area contributed by atoms with Crippen LogP contribution in [-0.2, 0) is 14.8 Å². The molecule has 2 fully saturated rings. The molecule has 1 atom stereocenters. The van der Waals surface area contributed by atoms with E-state index in [9.17, 15) is 23.1 Å². The highest BCUT2D eigenvalue weighted by atomic mass is 32.2. The zero-order chi connectivity index (χ0) is 27.7. The monoisotopic (exact) mass is 557 g/mol. The molecule has 2 aliphatic rings. The summed E-state index contributed by atoms with van der Waals surface area (Å²) in [6.45, 7) is 8.40. The maximum atomic E-state index is 14.0. The Morgan fingerprint density at radius 1 is 1.16 bits per heavy atom. The first-order valence-corrected chi connectivity index (χ1v) is 15.3. The van der Waals surface area contributed by atoms with Crippen LogP contribution in [0.3, 0.4) is 0 Å². The maximum absolute atomic E-state index is 14.0. The van der Waals surface area contributed by atoms with E-state index in [4.69, 9.17) is 0 Å². The van der Waals surface area contributed by atoms with Crippen molar-refractivity contribution in [2.45, 2.75) is 70.9 Å². The molecule has 1 unspecified atom stereocenters. The third-order valence-corrected chi connectivity index (χ3v) is 9.87. The highest BCUT2D eigenvalue weighted by molar-refractivity contribution is 7.89. The number of thiophene rings is 1. The zero-order valence-corrected chi connectivity index (χ0v) is 23.9. The van der Waals surface area contributed by atoms with Gasteiger partial charge in [-0.1, -0.05) is 24.8 Å². The summed E-state index contributed by atoms with van der Waals surface area (Å²) in [6.07, 6.45) is 5.19. The van der Waals surface area contributed by atoms with Crippen molar-refractivity contribution in [2.24, 2.45) is 17.3 Å². The number of carboxylic acids is 1. The number of hydrogen-bond donors (Lipinski definition) is 1. The van der Waals surface area contributed by atoms with E-state index in [1.165, 1.54) is 16.6 Å². The van der Waals surface area contributed by atoms with E-state index >= 15 is 0 Å². The average Bonchev–Trinajstić information content (AvgIpc) is 3.52. The molecule has 0 radical (unpaired) electrons. The number of carboxylic acid groups (broad SMARTS) is 1. The van der Waals surface area contributed by atoms with Crippen molar-refractivity contribution in [3.05, 3.63) is 40.2 Å². The summed E-state index contributed by atoms with van der Waals surface area (Å²) in [5.74, 6) is 5.29. The van der Waals surface area contributed by atoms with E-state index in [0.717, 1.165) is 37.0 Å². The molecule has 1 N–H and O–H groups in total. The molecule has 38 heavy (non-hydrogen) atoms. The molecule has 1 saturated carbocycles. The molecule has 204 valence electrons. The number of aromatic carboxylic acids is 1. The van der Waals surface area contributed by atoms with E-state index in [1.807, 2.05) is 20.8 Å². The minimum Gasteiger partial charge on any atom is -0.477 e. The van der Waals surface area contributed by atoms with Crippen LogP contribution in [0.15, 0.2) is 35.5 Å². The number of rotatable bonds is 6. The van der Waals surface area contributed by atoms with Crippen molar-refractivity contribution in [3.8, 4) is 11.8 Å². The van der Waals surface area contributed by atoms with Gasteiger partial charge in [-0.05, 0) is 77.0 Å². The minimum atomic E-state index is -3.84. The number of amides is 1. The first-order valence-electron chi connectivity index (χ1n) is 13.0. The third kappa shape index (κ3) is 6.28. The van der Waals surface area contributed by atoms with Gasteiger partial charge in [0.15, 0.2) is 5.03 Å². The van der Waals surface area contributed by atoms with Gasteiger partial charge in [-0.25, -0.2) is 18.2 Å². The van der Waals surface area contributed by atoms with Crippen LogP contribution in [0, 0.1) is 29.1 Å². The van der Waals surface area contributed by atoms with Crippen LogP contribution in [0.25, 0.3) is 0 Å². The van der Waals surface area contributed by atoms with Crippen molar-refractivity contribution in [3.63, 3.8) is 0 Å². The number of carbonyl (C=O) groups excluding carboxylic acids is 1. The molecular weight excluding hydrogens is 522 g/mol. The van der Waals surface area contributed by atoms with E-state index < -0.39 is 22.0 Å². The number of carbonyl (C=O) groups is 2. The molecule has 0 aromatic carbocycles. The molecule has 1 amide bonds. The summed E-state index contributed by atoms with van der Waals surface area (Å²) in [6, 6.07) is 5.93. The molecular formula is C28H35N3O5S2. The quantitative estimate of drug-likeness (QED) is 0.508. The summed E-state index contributed by atoms with van der Waals surface area (Å²) in [4.78, 5) is 32.6. The molecule has 10 heteroatoms. The van der Waals surface area contributed by atoms with Crippen molar-refractivity contribution < 1.29 is 23.1 Å². The SMILES string of the molecule is CC1CCC(C(=O)N(c2cc(C#CC(C)(C)C)sc2C(=O)O)C2CCN(S(=O)(=O)c3ccccn3)C2)CC1. The van der Waals surface area contributed by atoms with Crippen LogP contribution in [0.1, 0.15) is 74.3 Å². The van der Waals surface area contributed by atoms with Gasteiger partial charge < -0.3 is 10.0 Å². The van der Waals surface area contributed by atoms with Gasteiger partial charge in [0.2, 0.25) is 5.91 Å². The van der Waals surface area contributed by atoms with Crippen molar-refractivity contribution in [2.75, 3.05) is 18.0 Å². The van der Waals surface area contributed by atoms with Gasteiger partial charge in [-0.3, -0.25) is 4.79 Å². The molecule has 3 heterocycles. The molecule has 8 nitrogen and oxygen atoms in total. The summed E-state index contributed by atoms with van der Waals surface area (Å²) in [5, 5.41) is 10.0. The first kappa shape index (κ1) is 28.3. The largest absolute Gasteiger partial charge is 0.477 e. The van der Waals surface area contributed by atoms with Crippen LogP contribution in [-0.4, -0.2) is 53.8 Å². The predicted octanol–water partition coefficient (Wildman–Crippen LogP) is 4.86. The van der Waals surface area contributed by atoms with E-state index in [1.54, 1.807) is 23.1 Å². The highest BCUT2D eigenvalue weighted by Gasteiger charge is 2.41. The Labute approximate surface area is 229 Å². The molecule has 1 aliphatic heterocycles. The predicted molar refractivity (Wildman–Crippen MR) is 148 cm³/mol. The molecule has 4 rings (SSSR count). The second kappa shape index (κ2) is 11.2. The van der Waals surface area contributed by atoms with Crippen LogP contribution in [0.5, 0.6) is 0 Å². The van der Waals surface area contributed by atoms with Gasteiger partial charge in [0.25, 0.3) is 10.0 Å². The average molecular weight is 558 g/mol. The zero-order valence-electron chi connectivity index (χ0n) is 22.3. The van der Waals surface area contributed by atoms with Gasteiger partial charge in [-0.15, -0.1) is 11.3 Å². The van der Waals surface area contributed by atoms with E-state index in [0.29, 0.717) is 22.9 Å². The van der Waals surface area contributed by atoms with Gasteiger partial charge >= 0.3 is 5.97 Å². The Balaban J connectivity index is 1.72. The second-order valence-corrected chi connectivity index (χ2v) is 14.2. The summed E-state index contributed by atoms with van der Waals surface area (Å²) >= 11 is 1.05. The summed E-state index contributed by atoms with van der Waals surface area (Å²) in [7, 11) is -3.84. The van der Waals surface area contributed by atoms with Gasteiger partial charge in [0, 0.05) is 30.6 Å². The maximum Gasteiger partial charge on any atom is 0.348 e. The number of hydrogen-bond acceptors (Lipinski definition) is 6. The second-order valence-electron chi connectivity index (χ2n) is 11.3. The van der Waals surface area contributed by atoms with Crippen LogP contribution in [0.4, 0.5) is 5.69 Å². The molecule has 0 spiro atoms. The third-order valence-electron chi connectivity index (χ3n) is 7.06. The van der Waals surface area contributed by atoms with Crippen LogP contribution >= 0.6 is 11.3 Å². The number of nitrogens with zero attached hydrogens (tertiary/aromatic N) is 3. The lowest BCUT2D eigenvalue weighted by molar-refractivity contribution is -0.124. The topological polar surface area (TPSA) is 108 Å². The van der Waals surface area contributed by atoms with Gasteiger partial charge in [0.05, 0.1) is 16.6 Å². The molecule has 1 saturated heterocycles. The lowest BCUT2D eigenvalue weighted by Gasteiger charge is -2.34. The standard InChI is InChI=1S/C28H35N3O5S2/c1-19-8-10-20(11-9-19)26(32)31(23-17-22(12-14-28(2,3)4)37-25(23)27(33)34)21-13-16-30(18-21)38(35,36)24-7-5-6-15-29-24/h5-7,15,17,19-21H,8-11,13,16,18H2,1-4H3,(H,33,34). The number of aromatic nitrogens is 1. The molecule has 0 bridgehead atoms.